The molecule has 0 unspecified atom stereocenters. The highest BCUT2D eigenvalue weighted by atomic mass is 28.3. The minimum absolute atomic E-state index is 0.309. The molecular weight excluding hydrogens is 402 g/mol. The van der Waals surface area contributed by atoms with Crippen LogP contribution in [-0.4, -0.2) is 33.8 Å². The van der Waals surface area contributed by atoms with Crippen LogP contribution in [0.15, 0.2) is 55.0 Å². The molecule has 0 fully saturated rings. The molecule has 1 aromatic carbocycles. The van der Waals surface area contributed by atoms with Gasteiger partial charge in [0.25, 0.3) is 0 Å². The molecule has 3 aromatic heterocycles. The van der Waals surface area contributed by atoms with Gasteiger partial charge >= 0.3 is 0 Å². The van der Waals surface area contributed by atoms with Gasteiger partial charge in [0.15, 0.2) is 0 Å². The van der Waals surface area contributed by atoms with Gasteiger partial charge in [0.05, 0.1) is 6.20 Å². The van der Waals surface area contributed by atoms with Gasteiger partial charge in [0.2, 0.25) is 5.95 Å². The topological polar surface area (TPSA) is 44.4 Å². The summed E-state index contributed by atoms with van der Waals surface area (Å²) in [4.78, 5) is 4.03. The van der Waals surface area contributed by atoms with Crippen LogP contribution in [-0.2, 0) is 11.5 Å². The van der Waals surface area contributed by atoms with E-state index in [9.17, 15) is 8.78 Å². The number of rotatable bonds is 7. The summed E-state index contributed by atoms with van der Waals surface area (Å²) < 4.78 is 36.4. The summed E-state index contributed by atoms with van der Waals surface area (Å²) in [7, 11) is -1.17. The molecule has 156 valence electrons. The van der Waals surface area contributed by atoms with E-state index < -0.39 is 14.0 Å². The highest BCUT2D eigenvalue weighted by Crippen LogP contribution is 2.31. The minimum atomic E-state index is -1.17. The number of hydrogen-bond donors (Lipinski definition) is 0. The predicted octanol–water partition coefficient (Wildman–Crippen LogP) is 5.46. The Labute approximate surface area is 175 Å². The van der Waals surface area contributed by atoms with E-state index in [0.29, 0.717) is 24.7 Å². The van der Waals surface area contributed by atoms with Crippen LogP contribution < -0.4 is 0 Å². The van der Waals surface area contributed by atoms with E-state index in [4.69, 9.17) is 4.74 Å². The van der Waals surface area contributed by atoms with E-state index >= 15 is 0 Å². The lowest BCUT2D eigenvalue weighted by molar-refractivity contribution is 0.0788. The first-order chi connectivity index (χ1) is 14.3. The summed E-state index contributed by atoms with van der Waals surface area (Å²) in [5.41, 5.74) is 3.58. The Morgan fingerprint density at radius 3 is 2.43 bits per heavy atom. The minimum Gasteiger partial charge on any atom is -0.360 e. The number of ether oxygens (including phenoxy) is 1. The quantitative estimate of drug-likeness (QED) is 0.291. The molecule has 0 saturated carbocycles. The number of aromatic nitrogens is 4. The maximum Gasteiger partial charge on any atom is 0.217 e. The number of pyridine rings is 1. The van der Waals surface area contributed by atoms with E-state index in [2.05, 4.69) is 29.7 Å². The molecule has 30 heavy (non-hydrogen) atoms. The zero-order chi connectivity index (χ0) is 21.3. The van der Waals surface area contributed by atoms with Crippen LogP contribution in [0, 0.1) is 11.8 Å². The van der Waals surface area contributed by atoms with Gasteiger partial charge in [-0.15, -0.1) is 0 Å². The third-order valence-corrected chi connectivity index (χ3v) is 6.57. The summed E-state index contributed by atoms with van der Waals surface area (Å²) in [5, 5.41) is 4.67. The molecule has 0 radical (unpaired) electrons. The Morgan fingerprint density at radius 1 is 0.967 bits per heavy atom. The Morgan fingerprint density at radius 2 is 1.70 bits per heavy atom. The van der Waals surface area contributed by atoms with Crippen molar-refractivity contribution in [1.29, 1.82) is 0 Å². The molecule has 0 saturated heterocycles. The smallest absolute Gasteiger partial charge is 0.217 e. The second-order valence-electron chi connectivity index (χ2n) is 8.51. The Bertz CT molecular complexity index is 1160. The maximum atomic E-state index is 14.0. The van der Waals surface area contributed by atoms with Gasteiger partial charge in [-0.25, -0.2) is 14.1 Å². The molecule has 0 aliphatic heterocycles. The van der Waals surface area contributed by atoms with Crippen LogP contribution in [0.3, 0.4) is 0 Å². The fraction of sp³-hybridized carbons (Fsp3) is 0.273. The van der Waals surface area contributed by atoms with Crippen molar-refractivity contribution >= 4 is 13.7 Å². The highest BCUT2D eigenvalue weighted by molar-refractivity contribution is 6.76. The zero-order valence-electron chi connectivity index (χ0n) is 17.3. The van der Waals surface area contributed by atoms with Gasteiger partial charge < -0.3 is 4.74 Å². The summed E-state index contributed by atoms with van der Waals surface area (Å²) in [6, 6.07) is 10.9. The normalized spacial score (nSPS) is 12.0. The van der Waals surface area contributed by atoms with Crippen molar-refractivity contribution in [3.63, 3.8) is 0 Å². The first-order valence-electron chi connectivity index (χ1n) is 9.84. The number of imidazole rings is 1. The van der Waals surface area contributed by atoms with E-state index in [1.54, 1.807) is 29.1 Å². The van der Waals surface area contributed by atoms with Gasteiger partial charge in [-0.1, -0.05) is 19.6 Å². The fourth-order valence-electron chi connectivity index (χ4n) is 3.17. The molecule has 5 nitrogen and oxygen atoms in total. The molecule has 8 heteroatoms. The molecular formula is C22H24F2N4OSi. The van der Waals surface area contributed by atoms with Crippen LogP contribution in [0.4, 0.5) is 8.78 Å². The maximum absolute atomic E-state index is 14.0. The Balaban J connectivity index is 1.68. The van der Waals surface area contributed by atoms with Crippen LogP contribution in [0.25, 0.3) is 28.0 Å². The number of hydrogen-bond acceptors (Lipinski definition) is 3. The van der Waals surface area contributed by atoms with Gasteiger partial charge in [-0.2, -0.15) is 9.49 Å². The summed E-state index contributed by atoms with van der Waals surface area (Å²) in [6.45, 7) is 7.92. The Kier molecular flexibility index (Phi) is 5.53. The van der Waals surface area contributed by atoms with Crippen LogP contribution in [0.5, 0.6) is 0 Å². The molecule has 0 bridgehead atoms. The lowest BCUT2D eigenvalue weighted by Gasteiger charge is -2.15. The number of halogens is 2. The largest absolute Gasteiger partial charge is 0.360 e. The van der Waals surface area contributed by atoms with Crippen LogP contribution in [0.2, 0.25) is 25.7 Å². The number of nitrogens with zero attached hydrogens (tertiary/aromatic N) is 4. The number of benzene rings is 1. The van der Waals surface area contributed by atoms with Crippen molar-refractivity contribution in [3.8, 4) is 22.4 Å². The van der Waals surface area contributed by atoms with Crippen LogP contribution >= 0.6 is 0 Å². The molecule has 0 aliphatic carbocycles. The second kappa shape index (κ2) is 8.12. The van der Waals surface area contributed by atoms with Crippen molar-refractivity contribution in [2.45, 2.75) is 32.4 Å². The summed E-state index contributed by atoms with van der Waals surface area (Å²) in [5.74, 6) is -0.742. The highest BCUT2D eigenvalue weighted by Gasteiger charge is 2.16. The van der Waals surface area contributed by atoms with Crippen molar-refractivity contribution in [3.05, 3.63) is 66.8 Å². The molecule has 0 amide bonds. The lowest BCUT2D eigenvalue weighted by atomic mass is 10.0. The van der Waals surface area contributed by atoms with E-state index in [1.807, 2.05) is 12.3 Å². The predicted molar refractivity (Wildman–Crippen MR) is 116 cm³/mol. The third kappa shape index (κ3) is 4.49. The average molecular weight is 427 g/mol. The first-order valence-corrected chi connectivity index (χ1v) is 13.5. The van der Waals surface area contributed by atoms with Crippen molar-refractivity contribution < 1.29 is 13.5 Å². The van der Waals surface area contributed by atoms with Crippen molar-refractivity contribution in [1.82, 2.24) is 19.2 Å². The zero-order valence-corrected chi connectivity index (χ0v) is 18.3. The van der Waals surface area contributed by atoms with Gasteiger partial charge in [0, 0.05) is 43.8 Å². The molecule has 0 aliphatic rings. The SMILES string of the molecule is C[Si](C)(C)CCOCn1cc(-c2ccc3ncc(F)n3c2)c(-c2ccc(F)cc2)n1. The summed E-state index contributed by atoms with van der Waals surface area (Å²) in [6.07, 6.45) is 4.76. The van der Waals surface area contributed by atoms with Gasteiger partial charge in [-0.05, 0) is 42.4 Å². The van der Waals surface area contributed by atoms with Gasteiger partial charge in [-0.3, -0.25) is 4.40 Å². The monoisotopic (exact) mass is 426 g/mol. The average Bonchev–Trinajstić information content (AvgIpc) is 3.29. The van der Waals surface area contributed by atoms with Crippen LogP contribution in [0.1, 0.15) is 0 Å². The van der Waals surface area contributed by atoms with Crippen molar-refractivity contribution in [2.75, 3.05) is 6.61 Å². The van der Waals surface area contributed by atoms with Gasteiger partial charge in [0.1, 0.15) is 23.9 Å². The standard InChI is InChI=1S/C22H24F2N4OSi/c1-30(2,3)11-10-29-15-27-14-19(22(26-27)16-4-7-18(23)8-5-16)17-6-9-21-25-12-20(24)28(21)13-17/h4-9,12-14H,10-11,15H2,1-3H3. The second-order valence-corrected chi connectivity index (χ2v) is 14.1. The van der Waals surface area contributed by atoms with E-state index in [0.717, 1.165) is 22.7 Å². The fourth-order valence-corrected chi connectivity index (χ4v) is 3.92. The summed E-state index contributed by atoms with van der Waals surface area (Å²) >= 11 is 0. The third-order valence-electron chi connectivity index (χ3n) is 4.87. The molecule has 0 spiro atoms. The molecule has 3 heterocycles. The van der Waals surface area contributed by atoms with E-state index in [1.165, 1.54) is 22.7 Å². The molecule has 0 N–H and O–H groups in total. The molecule has 4 aromatic rings. The first kappa shape index (κ1) is 20.4. The van der Waals surface area contributed by atoms with E-state index in [-0.39, 0.29) is 5.82 Å². The lowest BCUT2D eigenvalue weighted by Crippen LogP contribution is -2.22. The molecule has 4 rings (SSSR count). The van der Waals surface area contributed by atoms with Crippen molar-refractivity contribution in [2.24, 2.45) is 0 Å². The number of fused-ring (bicyclic) bond motifs is 1. The molecule has 0 atom stereocenters. The Hall–Kier alpha value is -2.84.